The van der Waals surface area contributed by atoms with Gasteiger partial charge in [0.1, 0.15) is 5.70 Å². The Hall–Kier alpha value is -2.46. The molecule has 116 valence electrons. The topological polar surface area (TPSA) is 32.3 Å². The van der Waals surface area contributed by atoms with Crippen LogP contribution in [0.25, 0.3) is 6.08 Å². The van der Waals surface area contributed by atoms with Gasteiger partial charge in [-0.05, 0) is 43.3 Å². The molecule has 1 fully saturated rings. The van der Waals surface area contributed by atoms with E-state index >= 15 is 0 Å². The number of nitrogens with one attached hydrogen (secondary N) is 1. The van der Waals surface area contributed by atoms with Crippen molar-refractivity contribution in [3.8, 4) is 0 Å². The summed E-state index contributed by atoms with van der Waals surface area (Å²) in [5.41, 5.74) is 3.74. The summed E-state index contributed by atoms with van der Waals surface area (Å²) < 4.78 is 0. The number of nitrogens with zero attached hydrogens (tertiary/aromatic N) is 1. The van der Waals surface area contributed by atoms with Gasteiger partial charge in [0.05, 0.1) is 6.04 Å². The second-order valence-corrected chi connectivity index (χ2v) is 6.05. The van der Waals surface area contributed by atoms with Gasteiger partial charge in [0.25, 0.3) is 5.91 Å². The molecule has 1 amide bonds. The largest absolute Gasteiger partial charge is 0.328 e. The van der Waals surface area contributed by atoms with E-state index in [1.807, 2.05) is 74.5 Å². The van der Waals surface area contributed by atoms with E-state index in [0.29, 0.717) is 10.8 Å². The normalized spacial score (nSPS) is 17.5. The van der Waals surface area contributed by atoms with Crippen molar-refractivity contribution in [1.29, 1.82) is 0 Å². The van der Waals surface area contributed by atoms with Crippen molar-refractivity contribution in [2.75, 3.05) is 0 Å². The van der Waals surface area contributed by atoms with Gasteiger partial charge in [0.2, 0.25) is 0 Å². The fourth-order valence-electron chi connectivity index (χ4n) is 2.61. The van der Waals surface area contributed by atoms with Crippen molar-refractivity contribution in [2.24, 2.45) is 0 Å². The van der Waals surface area contributed by atoms with Crippen LogP contribution in [-0.2, 0) is 4.79 Å². The van der Waals surface area contributed by atoms with E-state index in [9.17, 15) is 4.79 Å². The van der Waals surface area contributed by atoms with E-state index in [4.69, 9.17) is 12.2 Å². The van der Waals surface area contributed by atoms with Crippen molar-refractivity contribution in [1.82, 2.24) is 10.2 Å². The van der Waals surface area contributed by atoms with Crippen LogP contribution < -0.4 is 5.32 Å². The maximum atomic E-state index is 12.7. The average Bonchev–Trinajstić information content (AvgIpc) is 2.84. The zero-order chi connectivity index (χ0) is 16.4. The number of carbonyl (C=O) groups is 1. The summed E-state index contributed by atoms with van der Waals surface area (Å²) in [7, 11) is 0. The molecule has 0 bridgehead atoms. The van der Waals surface area contributed by atoms with E-state index in [-0.39, 0.29) is 11.9 Å². The van der Waals surface area contributed by atoms with Crippen LogP contribution in [0, 0.1) is 6.92 Å². The van der Waals surface area contributed by atoms with Gasteiger partial charge >= 0.3 is 0 Å². The molecule has 0 saturated carbocycles. The number of rotatable bonds is 3. The molecule has 1 unspecified atom stereocenters. The molecule has 0 aromatic heterocycles. The summed E-state index contributed by atoms with van der Waals surface area (Å²) in [5.74, 6) is -0.0908. The van der Waals surface area contributed by atoms with Gasteiger partial charge in [-0.2, -0.15) is 0 Å². The standard InChI is InChI=1S/C19H18N2OS/c1-13-8-10-15(11-9-13)12-17-18(22)21(19(23)20-17)14(2)16-6-4-3-5-7-16/h3-12,14H,1-2H3,(H,20,23)/b17-12-. The Morgan fingerprint density at radius 3 is 2.39 bits per heavy atom. The van der Waals surface area contributed by atoms with Crippen LogP contribution in [0.4, 0.5) is 0 Å². The van der Waals surface area contributed by atoms with Gasteiger partial charge in [-0.25, -0.2) is 0 Å². The van der Waals surface area contributed by atoms with Crippen molar-refractivity contribution >= 4 is 29.3 Å². The van der Waals surface area contributed by atoms with Crippen LogP contribution in [0.1, 0.15) is 29.7 Å². The number of carbonyl (C=O) groups excluding carboxylic acids is 1. The lowest BCUT2D eigenvalue weighted by atomic mass is 10.1. The minimum absolute atomic E-state index is 0.0908. The molecule has 2 aromatic carbocycles. The van der Waals surface area contributed by atoms with Crippen LogP contribution in [0.5, 0.6) is 0 Å². The molecule has 4 heteroatoms. The maximum Gasteiger partial charge on any atom is 0.277 e. The summed E-state index contributed by atoms with van der Waals surface area (Å²) in [6, 6.07) is 17.8. The Bertz CT molecular complexity index is 766. The Kier molecular flexibility index (Phi) is 4.26. The van der Waals surface area contributed by atoms with Gasteiger partial charge in [-0.1, -0.05) is 60.2 Å². The monoisotopic (exact) mass is 322 g/mol. The molecule has 3 nitrogen and oxygen atoms in total. The SMILES string of the molecule is Cc1ccc(/C=C2\NC(=S)N(C(C)c3ccccc3)C2=O)cc1. The van der Waals surface area contributed by atoms with Gasteiger partial charge in [-0.3, -0.25) is 9.69 Å². The number of benzene rings is 2. The molecule has 1 atom stereocenters. The molecule has 1 aliphatic heterocycles. The highest BCUT2D eigenvalue weighted by Gasteiger charge is 2.34. The summed E-state index contributed by atoms with van der Waals surface area (Å²) in [6.45, 7) is 4.02. The highest BCUT2D eigenvalue weighted by molar-refractivity contribution is 7.80. The zero-order valence-electron chi connectivity index (χ0n) is 13.1. The van der Waals surface area contributed by atoms with Crippen LogP contribution >= 0.6 is 12.2 Å². The minimum Gasteiger partial charge on any atom is -0.328 e. The fourth-order valence-corrected chi connectivity index (χ4v) is 2.96. The summed E-state index contributed by atoms with van der Waals surface area (Å²) in [4.78, 5) is 14.3. The second kappa shape index (κ2) is 6.34. The van der Waals surface area contributed by atoms with Crippen molar-refractivity contribution < 1.29 is 4.79 Å². The predicted octanol–water partition coefficient (Wildman–Crippen LogP) is 3.81. The van der Waals surface area contributed by atoms with Gasteiger partial charge in [-0.15, -0.1) is 0 Å². The Morgan fingerprint density at radius 2 is 1.74 bits per heavy atom. The Balaban J connectivity index is 1.86. The van der Waals surface area contributed by atoms with E-state index in [1.54, 1.807) is 4.90 Å². The van der Waals surface area contributed by atoms with Crippen LogP contribution in [0.15, 0.2) is 60.3 Å². The van der Waals surface area contributed by atoms with Gasteiger partial charge in [0.15, 0.2) is 5.11 Å². The lowest BCUT2D eigenvalue weighted by Crippen LogP contribution is -2.33. The van der Waals surface area contributed by atoms with E-state index in [1.165, 1.54) is 5.56 Å². The quantitative estimate of drug-likeness (QED) is 0.689. The van der Waals surface area contributed by atoms with Crippen LogP contribution in [-0.4, -0.2) is 15.9 Å². The molecular formula is C19H18N2OS. The Morgan fingerprint density at radius 1 is 1.09 bits per heavy atom. The van der Waals surface area contributed by atoms with Crippen molar-refractivity contribution in [2.45, 2.75) is 19.9 Å². The molecule has 1 N–H and O–H groups in total. The summed E-state index contributed by atoms with van der Waals surface area (Å²) in [5, 5.41) is 3.49. The number of thiocarbonyl (C=S) groups is 1. The highest BCUT2D eigenvalue weighted by Crippen LogP contribution is 2.26. The van der Waals surface area contributed by atoms with E-state index in [2.05, 4.69) is 5.32 Å². The minimum atomic E-state index is -0.104. The van der Waals surface area contributed by atoms with E-state index in [0.717, 1.165) is 11.1 Å². The van der Waals surface area contributed by atoms with Crippen LogP contribution in [0.2, 0.25) is 0 Å². The second-order valence-electron chi connectivity index (χ2n) is 5.66. The molecule has 2 aromatic rings. The first-order valence-electron chi connectivity index (χ1n) is 7.54. The molecule has 0 aliphatic carbocycles. The lowest BCUT2D eigenvalue weighted by molar-refractivity contribution is -0.123. The maximum absolute atomic E-state index is 12.7. The first kappa shape index (κ1) is 15.4. The summed E-state index contributed by atoms with van der Waals surface area (Å²) >= 11 is 5.36. The average molecular weight is 322 g/mol. The van der Waals surface area contributed by atoms with Crippen molar-refractivity contribution in [3.63, 3.8) is 0 Å². The number of hydrogen-bond donors (Lipinski definition) is 1. The number of hydrogen-bond acceptors (Lipinski definition) is 2. The third-order valence-corrected chi connectivity index (χ3v) is 4.27. The number of amides is 1. The molecule has 0 radical (unpaired) electrons. The number of aryl methyl sites for hydroxylation is 1. The molecule has 23 heavy (non-hydrogen) atoms. The molecule has 1 saturated heterocycles. The Labute approximate surface area is 141 Å². The molecule has 1 aliphatic rings. The molecular weight excluding hydrogens is 304 g/mol. The van der Waals surface area contributed by atoms with Crippen molar-refractivity contribution in [3.05, 3.63) is 77.0 Å². The first-order chi connectivity index (χ1) is 11.1. The van der Waals surface area contributed by atoms with E-state index < -0.39 is 0 Å². The predicted molar refractivity (Wildman–Crippen MR) is 96.6 cm³/mol. The zero-order valence-corrected chi connectivity index (χ0v) is 13.9. The third kappa shape index (κ3) is 3.17. The highest BCUT2D eigenvalue weighted by atomic mass is 32.1. The fraction of sp³-hybridized carbons (Fsp3) is 0.158. The van der Waals surface area contributed by atoms with Crippen LogP contribution in [0.3, 0.4) is 0 Å². The third-order valence-electron chi connectivity index (χ3n) is 3.97. The molecule has 3 rings (SSSR count). The first-order valence-corrected chi connectivity index (χ1v) is 7.95. The molecule has 0 spiro atoms. The van der Waals surface area contributed by atoms with Gasteiger partial charge < -0.3 is 5.32 Å². The smallest absolute Gasteiger partial charge is 0.277 e. The lowest BCUT2D eigenvalue weighted by Gasteiger charge is -2.23. The molecule has 1 heterocycles. The summed E-state index contributed by atoms with van der Waals surface area (Å²) in [6.07, 6.45) is 1.84. The van der Waals surface area contributed by atoms with Gasteiger partial charge in [0, 0.05) is 0 Å².